The molecule has 0 aromatic heterocycles. The Labute approximate surface area is 154 Å². The Kier molecular flexibility index (Phi) is 6.32. The van der Waals surface area contributed by atoms with Gasteiger partial charge in [0.15, 0.2) is 0 Å². The summed E-state index contributed by atoms with van der Waals surface area (Å²) < 4.78 is 0. The van der Waals surface area contributed by atoms with E-state index in [2.05, 4.69) is 10.6 Å². The molecule has 0 radical (unpaired) electrons. The lowest BCUT2D eigenvalue weighted by Gasteiger charge is -2.32. The molecule has 0 aliphatic carbocycles. The molecule has 0 bridgehead atoms. The number of benzene rings is 1. The van der Waals surface area contributed by atoms with Crippen molar-refractivity contribution in [2.75, 3.05) is 32.7 Å². The number of likely N-dealkylation sites (tertiary alicyclic amines) is 1. The van der Waals surface area contributed by atoms with Crippen molar-refractivity contribution in [1.82, 2.24) is 15.5 Å². The summed E-state index contributed by atoms with van der Waals surface area (Å²) in [6, 6.07) is 6.93. The van der Waals surface area contributed by atoms with Gasteiger partial charge >= 0.3 is 0 Å². The number of hydrogen-bond donors (Lipinski definition) is 2. The van der Waals surface area contributed by atoms with E-state index in [0.29, 0.717) is 29.6 Å². The molecule has 2 fully saturated rings. The first kappa shape index (κ1) is 18.2. The molecule has 3 rings (SSSR count). The normalized spacial score (nSPS) is 24.0. The minimum atomic E-state index is -0.110. The van der Waals surface area contributed by atoms with Gasteiger partial charge in [0.1, 0.15) is 0 Å². The summed E-state index contributed by atoms with van der Waals surface area (Å²) in [6.07, 6.45) is 4.05. The lowest BCUT2D eigenvalue weighted by atomic mass is 9.95. The zero-order chi connectivity index (χ0) is 17.6. The predicted molar refractivity (Wildman–Crippen MR) is 98.7 cm³/mol. The van der Waals surface area contributed by atoms with Crippen LogP contribution in [0, 0.1) is 11.8 Å². The van der Waals surface area contributed by atoms with E-state index in [1.165, 1.54) is 12.8 Å². The average Bonchev–Trinajstić information content (AvgIpc) is 2.67. The number of nitrogens with zero attached hydrogens (tertiary/aromatic N) is 1. The first-order valence-electron chi connectivity index (χ1n) is 9.17. The van der Waals surface area contributed by atoms with E-state index in [1.54, 1.807) is 29.2 Å². The Hall–Kier alpha value is -1.59. The van der Waals surface area contributed by atoms with Gasteiger partial charge in [-0.15, -0.1) is 0 Å². The van der Waals surface area contributed by atoms with Crippen molar-refractivity contribution in [3.8, 4) is 0 Å². The number of carbonyl (C=O) groups excluding carboxylic acids is 2. The molecule has 6 heteroatoms. The molecule has 2 amide bonds. The van der Waals surface area contributed by atoms with Gasteiger partial charge in [-0.1, -0.05) is 11.6 Å². The van der Waals surface area contributed by atoms with Crippen LogP contribution in [0.4, 0.5) is 0 Å². The third kappa shape index (κ3) is 4.95. The molecule has 1 aromatic carbocycles. The molecule has 5 nitrogen and oxygen atoms in total. The van der Waals surface area contributed by atoms with Gasteiger partial charge in [0.25, 0.3) is 5.91 Å². The molecule has 2 unspecified atom stereocenters. The number of amides is 2. The minimum absolute atomic E-state index is 0.0225. The molecule has 0 saturated carbocycles. The first-order valence-corrected chi connectivity index (χ1v) is 9.54. The third-order valence-corrected chi connectivity index (χ3v) is 5.39. The third-order valence-electron chi connectivity index (χ3n) is 5.13. The van der Waals surface area contributed by atoms with E-state index in [4.69, 9.17) is 11.6 Å². The fraction of sp³-hybridized carbons (Fsp3) is 0.579. The lowest BCUT2D eigenvalue weighted by molar-refractivity contribution is -0.126. The van der Waals surface area contributed by atoms with Crippen molar-refractivity contribution in [3.63, 3.8) is 0 Å². The molecule has 0 spiro atoms. The fourth-order valence-corrected chi connectivity index (χ4v) is 3.76. The molecule has 2 aliphatic rings. The Morgan fingerprint density at radius 2 is 2.00 bits per heavy atom. The second-order valence-electron chi connectivity index (χ2n) is 7.05. The smallest absolute Gasteiger partial charge is 0.253 e. The summed E-state index contributed by atoms with van der Waals surface area (Å²) in [4.78, 5) is 26.9. The van der Waals surface area contributed by atoms with E-state index in [-0.39, 0.29) is 17.7 Å². The topological polar surface area (TPSA) is 61.4 Å². The van der Waals surface area contributed by atoms with E-state index >= 15 is 0 Å². The van der Waals surface area contributed by atoms with Crippen molar-refractivity contribution < 1.29 is 9.59 Å². The fourth-order valence-electron chi connectivity index (χ4n) is 3.64. The number of hydrogen-bond acceptors (Lipinski definition) is 3. The Bertz CT molecular complexity index is 599. The summed E-state index contributed by atoms with van der Waals surface area (Å²) in [6.45, 7) is 3.99. The number of rotatable bonds is 4. The Morgan fingerprint density at radius 3 is 2.72 bits per heavy atom. The SMILES string of the molecule is O=C(NCC1CCCNC1)C1CCCN(C(=O)c2ccc(Cl)cc2)C1. The molecule has 2 heterocycles. The molecule has 1 aromatic rings. The van der Waals surface area contributed by atoms with Crippen molar-refractivity contribution in [3.05, 3.63) is 34.9 Å². The highest BCUT2D eigenvalue weighted by atomic mass is 35.5. The average molecular weight is 364 g/mol. The maximum Gasteiger partial charge on any atom is 0.253 e. The van der Waals surface area contributed by atoms with Crippen molar-refractivity contribution in [2.45, 2.75) is 25.7 Å². The van der Waals surface area contributed by atoms with Crippen LogP contribution >= 0.6 is 11.6 Å². The number of halogens is 1. The maximum absolute atomic E-state index is 12.6. The van der Waals surface area contributed by atoms with Gasteiger partial charge < -0.3 is 15.5 Å². The second kappa shape index (κ2) is 8.68. The summed E-state index contributed by atoms with van der Waals surface area (Å²) in [5.74, 6) is 0.472. The van der Waals surface area contributed by atoms with Gasteiger partial charge in [0.2, 0.25) is 5.91 Å². The van der Waals surface area contributed by atoms with E-state index < -0.39 is 0 Å². The monoisotopic (exact) mass is 363 g/mol. The highest BCUT2D eigenvalue weighted by Gasteiger charge is 2.29. The van der Waals surface area contributed by atoms with E-state index in [0.717, 1.165) is 32.5 Å². The highest BCUT2D eigenvalue weighted by Crippen LogP contribution is 2.20. The lowest BCUT2D eigenvalue weighted by Crippen LogP contribution is -2.47. The van der Waals surface area contributed by atoms with Crippen LogP contribution in [0.5, 0.6) is 0 Å². The summed E-state index contributed by atoms with van der Waals surface area (Å²) in [5, 5.41) is 7.08. The first-order chi connectivity index (χ1) is 12.1. The van der Waals surface area contributed by atoms with Crippen molar-refractivity contribution in [2.24, 2.45) is 11.8 Å². The quantitative estimate of drug-likeness (QED) is 0.863. The molecule has 2 atom stereocenters. The van der Waals surface area contributed by atoms with Gasteiger partial charge in [-0.3, -0.25) is 9.59 Å². The number of piperidine rings is 2. The van der Waals surface area contributed by atoms with Gasteiger partial charge in [-0.05, 0) is 69.0 Å². The van der Waals surface area contributed by atoms with Crippen LogP contribution in [0.25, 0.3) is 0 Å². The van der Waals surface area contributed by atoms with Gasteiger partial charge in [0, 0.05) is 30.2 Å². The van der Waals surface area contributed by atoms with Gasteiger partial charge in [-0.25, -0.2) is 0 Å². The Balaban J connectivity index is 1.52. The van der Waals surface area contributed by atoms with E-state index in [9.17, 15) is 9.59 Å². The largest absolute Gasteiger partial charge is 0.355 e. The highest BCUT2D eigenvalue weighted by molar-refractivity contribution is 6.30. The summed E-state index contributed by atoms with van der Waals surface area (Å²) in [7, 11) is 0. The summed E-state index contributed by atoms with van der Waals surface area (Å²) in [5.41, 5.74) is 0.624. The molecular formula is C19H26ClN3O2. The maximum atomic E-state index is 12.6. The van der Waals surface area contributed by atoms with Crippen molar-refractivity contribution >= 4 is 23.4 Å². The van der Waals surface area contributed by atoms with Gasteiger partial charge in [-0.2, -0.15) is 0 Å². The van der Waals surface area contributed by atoms with Crippen LogP contribution in [-0.4, -0.2) is 49.4 Å². The van der Waals surface area contributed by atoms with Crippen LogP contribution in [0.3, 0.4) is 0 Å². The van der Waals surface area contributed by atoms with Crippen LogP contribution in [-0.2, 0) is 4.79 Å². The standard InChI is InChI=1S/C19H26ClN3O2/c20-17-7-5-15(6-8-17)19(25)23-10-2-4-16(13-23)18(24)22-12-14-3-1-9-21-11-14/h5-8,14,16,21H,1-4,9-13H2,(H,22,24). The second-order valence-corrected chi connectivity index (χ2v) is 7.49. The molecule has 2 N–H and O–H groups in total. The molecule has 2 aliphatic heterocycles. The molecule has 25 heavy (non-hydrogen) atoms. The van der Waals surface area contributed by atoms with E-state index in [1.807, 2.05) is 0 Å². The van der Waals surface area contributed by atoms with Crippen LogP contribution in [0.15, 0.2) is 24.3 Å². The minimum Gasteiger partial charge on any atom is -0.355 e. The summed E-state index contributed by atoms with van der Waals surface area (Å²) >= 11 is 5.88. The van der Waals surface area contributed by atoms with Crippen LogP contribution < -0.4 is 10.6 Å². The van der Waals surface area contributed by atoms with Crippen molar-refractivity contribution in [1.29, 1.82) is 0 Å². The molecular weight excluding hydrogens is 338 g/mol. The zero-order valence-electron chi connectivity index (χ0n) is 14.5. The van der Waals surface area contributed by atoms with Crippen LogP contribution in [0.2, 0.25) is 5.02 Å². The van der Waals surface area contributed by atoms with Crippen LogP contribution in [0.1, 0.15) is 36.0 Å². The number of nitrogens with one attached hydrogen (secondary N) is 2. The molecule has 136 valence electrons. The van der Waals surface area contributed by atoms with Gasteiger partial charge in [0.05, 0.1) is 5.92 Å². The molecule has 2 saturated heterocycles. The number of carbonyl (C=O) groups is 2. The predicted octanol–water partition coefficient (Wildman–Crippen LogP) is 2.31. The zero-order valence-corrected chi connectivity index (χ0v) is 15.2. The Morgan fingerprint density at radius 1 is 1.20 bits per heavy atom.